The second kappa shape index (κ2) is 7.80. The van der Waals surface area contributed by atoms with Crippen LogP contribution in [0.25, 0.3) is 0 Å². The molecule has 5 nitrogen and oxygen atoms in total. The minimum Gasteiger partial charge on any atom is -0.340 e. The Hall–Kier alpha value is -1.87. The maximum Gasteiger partial charge on any atom is 0.256 e. The number of nitrogens with one attached hydrogen (secondary N) is 1. The van der Waals surface area contributed by atoms with Crippen LogP contribution in [0.4, 0.5) is 5.69 Å². The topological polar surface area (TPSA) is 68.0 Å². The van der Waals surface area contributed by atoms with E-state index in [2.05, 4.69) is 38.0 Å². The molecule has 0 aliphatic rings. The molecule has 0 saturated carbocycles. The maximum atomic E-state index is 12.6. The molecule has 24 heavy (non-hydrogen) atoms. The third-order valence-electron chi connectivity index (χ3n) is 3.18. The van der Waals surface area contributed by atoms with Crippen molar-refractivity contribution in [2.75, 3.05) is 5.32 Å². The largest absolute Gasteiger partial charge is 0.340 e. The highest BCUT2D eigenvalue weighted by Gasteiger charge is 2.14. The van der Waals surface area contributed by atoms with Gasteiger partial charge in [-0.15, -0.1) is 11.8 Å². The molecule has 0 bridgehead atoms. The zero-order chi connectivity index (χ0) is 16.9. The number of para-hydroxylation sites is 1. The Labute approximate surface area is 157 Å². The van der Waals surface area contributed by atoms with Crippen molar-refractivity contribution in [2.24, 2.45) is 0 Å². The fourth-order valence-electron chi connectivity index (χ4n) is 2.07. The molecule has 2 aromatic carbocycles. The standard InChI is InChI=1S/C17H14IN3O2S/c1-11-19-16(21-23-11)10-24-15-9-5-2-6-12(15)17(22)20-14-8-4-3-7-13(14)18/h2-9H,10H2,1H3,(H,20,22). The lowest BCUT2D eigenvalue weighted by Gasteiger charge is -2.10. The molecular formula is C17H14IN3O2S. The third-order valence-corrected chi connectivity index (χ3v) is 5.19. The molecule has 3 rings (SSSR count). The summed E-state index contributed by atoms with van der Waals surface area (Å²) in [5, 5.41) is 6.84. The number of amides is 1. The first-order chi connectivity index (χ1) is 11.6. The fraction of sp³-hybridized carbons (Fsp3) is 0.118. The van der Waals surface area contributed by atoms with Gasteiger partial charge < -0.3 is 9.84 Å². The Bertz CT molecular complexity index is 866. The van der Waals surface area contributed by atoms with Gasteiger partial charge in [-0.05, 0) is 46.9 Å². The summed E-state index contributed by atoms with van der Waals surface area (Å²) < 4.78 is 5.96. The van der Waals surface area contributed by atoms with Crippen molar-refractivity contribution in [3.8, 4) is 0 Å². The molecule has 0 unspecified atom stereocenters. The van der Waals surface area contributed by atoms with E-state index >= 15 is 0 Å². The molecule has 0 radical (unpaired) electrons. The Morgan fingerprint density at radius 2 is 1.96 bits per heavy atom. The van der Waals surface area contributed by atoms with E-state index in [0.717, 1.165) is 14.2 Å². The van der Waals surface area contributed by atoms with Crippen molar-refractivity contribution < 1.29 is 9.32 Å². The molecule has 0 aliphatic carbocycles. The number of nitrogens with zero attached hydrogens (tertiary/aromatic N) is 2. The lowest BCUT2D eigenvalue weighted by Crippen LogP contribution is -2.13. The first kappa shape index (κ1) is 17.0. The van der Waals surface area contributed by atoms with E-state index in [-0.39, 0.29) is 5.91 Å². The molecule has 1 amide bonds. The van der Waals surface area contributed by atoms with Crippen LogP contribution in [0.2, 0.25) is 0 Å². The van der Waals surface area contributed by atoms with Crippen LogP contribution in [0, 0.1) is 10.5 Å². The number of rotatable bonds is 5. The molecular weight excluding hydrogens is 437 g/mol. The van der Waals surface area contributed by atoms with Crippen molar-refractivity contribution in [3.63, 3.8) is 0 Å². The first-order valence-corrected chi connectivity index (χ1v) is 9.27. The van der Waals surface area contributed by atoms with E-state index in [1.165, 1.54) is 11.8 Å². The van der Waals surface area contributed by atoms with Crippen molar-refractivity contribution >= 4 is 45.9 Å². The summed E-state index contributed by atoms with van der Waals surface area (Å²) in [6.45, 7) is 1.75. The van der Waals surface area contributed by atoms with E-state index in [9.17, 15) is 4.79 Å². The lowest BCUT2D eigenvalue weighted by atomic mass is 10.2. The van der Waals surface area contributed by atoms with Gasteiger partial charge >= 0.3 is 0 Å². The highest BCUT2D eigenvalue weighted by Crippen LogP contribution is 2.27. The van der Waals surface area contributed by atoms with E-state index in [1.807, 2.05) is 48.5 Å². The van der Waals surface area contributed by atoms with E-state index in [0.29, 0.717) is 23.0 Å². The van der Waals surface area contributed by atoms with Gasteiger partial charge in [-0.1, -0.05) is 29.4 Å². The van der Waals surface area contributed by atoms with Crippen LogP contribution in [0.3, 0.4) is 0 Å². The third kappa shape index (κ3) is 4.15. The summed E-state index contributed by atoms with van der Waals surface area (Å²) >= 11 is 3.71. The predicted molar refractivity (Wildman–Crippen MR) is 102 cm³/mol. The summed E-state index contributed by atoms with van der Waals surface area (Å²) in [5.74, 6) is 1.57. The first-order valence-electron chi connectivity index (χ1n) is 7.20. The number of halogens is 1. The number of benzene rings is 2. The average molecular weight is 451 g/mol. The van der Waals surface area contributed by atoms with Crippen LogP contribution in [-0.2, 0) is 5.75 Å². The van der Waals surface area contributed by atoms with Crippen LogP contribution in [0.15, 0.2) is 57.9 Å². The predicted octanol–water partition coefficient (Wildman–Crippen LogP) is 4.53. The molecule has 122 valence electrons. The Kier molecular flexibility index (Phi) is 5.52. The number of hydrogen-bond donors (Lipinski definition) is 1. The molecule has 0 saturated heterocycles. The van der Waals surface area contributed by atoms with Gasteiger partial charge in [0.2, 0.25) is 5.89 Å². The molecule has 1 aromatic heterocycles. The number of aromatic nitrogens is 2. The lowest BCUT2D eigenvalue weighted by molar-refractivity contribution is 0.102. The number of carbonyl (C=O) groups excluding carboxylic acids is 1. The normalized spacial score (nSPS) is 10.6. The SMILES string of the molecule is Cc1nc(CSc2ccccc2C(=O)Nc2ccccc2I)no1. The highest BCUT2D eigenvalue weighted by molar-refractivity contribution is 14.1. The summed E-state index contributed by atoms with van der Waals surface area (Å²) in [6, 6.07) is 15.2. The summed E-state index contributed by atoms with van der Waals surface area (Å²) in [5.41, 5.74) is 1.43. The summed E-state index contributed by atoms with van der Waals surface area (Å²) in [4.78, 5) is 17.7. The van der Waals surface area contributed by atoms with E-state index in [1.54, 1.807) is 6.92 Å². The van der Waals surface area contributed by atoms with Crippen molar-refractivity contribution in [2.45, 2.75) is 17.6 Å². The van der Waals surface area contributed by atoms with Crippen LogP contribution in [-0.4, -0.2) is 16.0 Å². The number of carbonyl (C=O) groups is 1. The molecule has 1 heterocycles. The second-order valence-electron chi connectivity index (χ2n) is 4.95. The molecule has 1 N–H and O–H groups in total. The second-order valence-corrected chi connectivity index (χ2v) is 7.13. The number of hydrogen-bond acceptors (Lipinski definition) is 5. The average Bonchev–Trinajstić information content (AvgIpc) is 3.01. The number of thioether (sulfide) groups is 1. The molecule has 0 atom stereocenters. The highest BCUT2D eigenvalue weighted by atomic mass is 127. The van der Waals surface area contributed by atoms with Crippen LogP contribution >= 0.6 is 34.4 Å². The molecule has 3 aromatic rings. The minimum absolute atomic E-state index is 0.133. The van der Waals surface area contributed by atoms with Crippen molar-refractivity contribution in [3.05, 3.63) is 69.4 Å². The van der Waals surface area contributed by atoms with Crippen LogP contribution in [0.1, 0.15) is 22.1 Å². The fourth-order valence-corrected chi connectivity index (χ4v) is 3.49. The van der Waals surface area contributed by atoms with E-state index < -0.39 is 0 Å². The number of anilines is 1. The van der Waals surface area contributed by atoms with Crippen LogP contribution in [0.5, 0.6) is 0 Å². The van der Waals surface area contributed by atoms with Crippen molar-refractivity contribution in [1.29, 1.82) is 0 Å². The summed E-state index contributed by atoms with van der Waals surface area (Å²) in [6.07, 6.45) is 0. The van der Waals surface area contributed by atoms with Gasteiger partial charge in [0, 0.05) is 15.4 Å². The number of aryl methyl sites for hydroxylation is 1. The zero-order valence-corrected chi connectivity index (χ0v) is 15.8. The smallest absolute Gasteiger partial charge is 0.256 e. The Morgan fingerprint density at radius 1 is 1.21 bits per heavy atom. The summed E-state index contributed by atoms with van der Waals surface area (Å²) in [7, 11) is 0. The van der Waals surface area contributed by atoms with Crippen molar-refractivity contribution in [1.82, 2.24) is 10.1 Å². The van der Waals surface area contributed by atoms with Gasteiger partial charge in [0.05, 0.1) is 17.0 Å². The Morgan fingerprint density at radius 3 is 2.71 bits per heavy atom. The Balaban J connectivity index is 1.75. The van der Waals surface area contributed by atoms with Gasteiger partial charge in [0.15, 0.2) is 5.82 Å². The molecule has 0 fully saturated rings. The zero-order valence-electron chi connectivity index (χ0n) is 12.8. The van der Waals surface area contributed by atoms with Crippen LogP contribution < -0.4 is 5.32 Å². The minimum atomic E-state index is -0.133. The molecule has 0 spiro atoms. The quantitative estimate of drug-likeness (QED) is 0.456. The van der Waals surface area contributed by atoms with E-state index in [4.69, 9.17) is 4.52 Å². The van der Waals surface area contributed by atoms with Gasteiger partial charge in [-0.2, -0.15) is 4.98 Å². The van der Waals surface area contributed by atoms with Gasteiger partial charge in [0.25, 0.3) is 5.91 Å². The van der Waals surface area contributed by atoms with Gasteiger partial charge in [-0.25, -0.2) is 0 Å². The molecule has 7 heteroatoms. The van der Waals surface area contributed by atoms with Gasteiger partial charge in [0.1, 0.15) is 0 Å². The molecule has 0 aliphatic heterocycles. The van der Waals surface area contributed by atoms with Gasteiger partial charge in [-0.3, -0.25) is 4.79 Å². The monoisotopic (exact) mass is 451 g/mol. The maximum absolute atomic E-state index is 12.6.